The van der Waals surface area contributed by atoms with Gasteiger partial charge in [-0.05, 0) is 56.7 Å². The molecule has 1 atom stereocenters. The van der Waals surface area contributed by atoms with Gasteiger partial charge in [-0.25, -0.2) is 0 Å². The lowest BCUT2D eigenvalue weighted by Crippen LogP contribution is -2.56. The van der Waals surface area contributed by atoms with E-state index in [1.54, 1.807) is 40.9 Å². The molecule has 0 saturated carbocycles. The molecule has 2 amide bonds. The number of carbonyl (C=O) groups is 2. The highest BCUT2D eigenvalue weighted by molar-refractivity contribution is 7.99. The lowest BCUT2D eigenvalue weighted by atomic mass is 10.1. The molecule has 10 heteroatoms. The van der Waals surface area contributed by atoms with Crippen molar-refractivity contribution >= 4 is 35.2 Å². The fourth-order valence-electron chi connectivity index (χ4n) is 4.92. The maximum absolute atomic E-state index is 13.0. The molecule has 4 aromatic rings. The van der Waals surface area contributed by atoms with Crippen LogP contribution in [-0.2, 0) is 9.59 Å². The molecule has 1 saturated heterocycles. The van der Waals surface area contributed by atoms with E-state index in [1.165, 1.54) is 5.56 Å². The van der Waals surface area contributed by atoms with Crippen molar-refractivity contribution < 1.29 is 14.3 Å². The lowest BCUT2D eigenvalue weighted by Gasteiger charge is -2.39. The summed E-state index contributed by atoms with van der Waals surface area (Å²) in [6, 6.07) is 25.2. The van der Waals surface area contributed by atoms with Crippen molar-refractivity contribution in [2.75, 3.05) is 32.0 Å². The van der Waals surface area contributed by atoms with Crippen LogP contribution >= 0.6 is 23.4 Å². The quantitative estimate of drug-likeness (QED) is 0.166. The summed E-state index contributed by atoms with van der Waals surface area (Å²) in [4.78, 5) is 29.4. The van der Waals surface area contributed by atoms with Crippen LogP contribution in [-0.4, -0.2) is 74.4 Å². The van der Waals surface area contributed by atoms with Gasteiger partial charge in [0.05, 0.1) is 0 Å². The fraction of sp³-hybridized carbons (Fsp3) is 0.312. The van der Waals surface area contributed by atoms with Crippen LogP contribution in [0.1, 0.15) is 25.3 Å². The van der Waals surface area contributed by atoms with E-state index < -0.39 is 0 Å². The molecular formula is C32H34ClN5O3S. The predicted molar refractivity (Wildman–Crippen MR) is 166 cm³/mol. The topological polar surface area (TPSA) is 80.6 Å². The summed E-state index contributed by atoms with van der Waals surface area (Å²) in [6.07, 6.45) is 1.16. The Kier molecular flexibility index (Phi) is 9.81. The second-order valence-corrected chi connectivity index (χ2v) is 11.8. The van der Waals surface area contributed by atoms with Crippen molar-refractivity contribution in [1.82, 2.24) is 24.6 Å². The smallest absolute Gasteiger partial charge is 0.260 e. The van der Waals surface area contributed by atoms with Gasteiger partial charge in [-0.1, -0.05) is 71.4 Å². The summed E-state index contributed by atoms with van der Waals surface area (Å²) in [6.45, 7) is 5.52. The van der Waals surface area contributed by atoms with Gasteiger partial charge in [0.2, 0.25) is 5.91 Å². The number of carbonyl (C=O) groups excluding carboxylic acids is 2. The zero-order valence-electron chi connectivity index (χ0n) is 23.8. The molecule has 3 aromatic carbocycles. The van der Waals surface area contributed by atoms with Gasteiger partial charge in [0.1, 0.15) is 5.75 Å². The highest BCUT2D eigenvalue weighted by Gasteiger charge is 2.29. The third-order valence-electron chi connectivity index (χ3n) is 7.20. The summed E-state index contributed by atoms with van der Waals surface area (Å²) >= 11 is 7.51. The Balaban J connectivity index is 1.12. The third-order valence-corrected chi connectivity index (χ3v) is 8.47. The van der Waals surface area contributed by atoms with Crippen LogP contribution in [0.4, 0.5) is 0 Å². The second-order valence-electron chi connectivity index (χ2n) is 10.3. The molecule has 218 valence electrons. The number of hydrogen-bond acceptors (Lipinski definition) is 6. The largest absolute Gasteiger partial charge is 0.484 e. The fourth-order valence-corrected chi connectivity index (χ4v) is 5.94. The van der Waals surface area contributed by atoms with Crippen LogP contribution in [0.2, 0.25) is 5.02 Å². The van der Waals surface area contributed by atoms with E-state index in [4.69, 9.17) is 16.3 Å². The van der Waals surface area contributed by atoms with Crippen molar-refractivity contribution in [3.63, 3.8) is 0 Å². The monoisotopic (exact) mass is 603 g/mol. The van der Waals surface area contributed by atoms with Gasteiger partial charge in [-0.3, -0.25) is 14.2 Å². The maximum Gasteiger partial charge on any atom is 0.260 e. The van der Waals surface area contributed by atoms with E-state index in [9.17, 15) is 9.59 Å². The number of halogens is 1. The molecule has 8 nitrogen and oxygen atoms in total. The highest BCUT2D eigenvalue weighted by Crippen LogP contribution is 2.29. The minimum absolute atomic E-state index is 0.0453. The van der Waals surface area contributed by atoms with Gasteiger partial charge in [-0.15, -0.1) is 10.2 Å². The van der Waals surface area contributed by atoms with E-state index in [0.717, 1.165) is 28.0 Å². The number of aryl methyl sites for hydroxylation is 1. The van der Waals surface area contributed by atoms with Crippen molar-refractivity contribution in [1.29, 1.82) is 0 Å². The summed E-state index contributed by atoms with van der Waals surface area (Å²) in [7, 11) is 0. The third kappa shape index (κ3) is 7.33. The first-order chi connectivity index (χ1) is 20.4. The van der Waals surface area contributed by atoms with Gasteiger partial charge >= 0.3 is 0 Å². The van der Waals surface area contributed by atoms with Crippen LogP contribution in [0.25, 0.3) is 17.1 Å². The van der Waals surface area contributed by atoms with Crippen LogP contribution in [0.3, 0.4) is 0 Å². The van der Waals surface area contributed by atoms with Crippen LogP contribution in [0, 0.1) is 6.92 Å². The van der Waals surface area contributed by atoms with Crippen molar-refractivity contribution in [3.8, 4) is 22.8 Å². The number of aromatic nitrogens is 3. The standard InChI is InChI=1S/C32H34ClN5O3S/c1-23-10-14-27(15-11-23)38-31(25-7-4-3-5-8-25)34-35-32(38)42-20-6-9-29(39)36-18-19-37(24(2)21-36)30(40)22-41-28-16-12-26(33)13-17-28/h3-5,7-8,10-17,24H,6,9,18-22H2,1-2H3. The number of piperazine rings is 1. The van der Waals surface area contributed by atoms with Gasteiger partial charge in [0.25, 0.3) is 5.91 Å². The maximum atomic E-state index is 13.0. The molecule has 42 heavy (non-hydrogen) atoms. The van der Waals surface area contributed by atoms with Crippen LogP contribution < -0.4 is 4.74 Å². The molecule has 1 aliphatic heterocycles. The molecule has 1 fully saturated rings. The number of hydrogen-bond donors (Lipinski definition) is 0. The van der Waals surface area contributed by atoms with Crippen molar-refractivity contribution in [3.05, 3.63) is 89.4 Å². The highest BCUT2D eigenvalue weighted by atomic mass is 35.5. The van der Waals surface area contributed by atoms with Gasteiger partial charge in [0.15, 0.2) is 17.6 Å². The lowest BCUT2D eigenvalue weighted by molar-refractivity contribution is -0.143. The molecule has 1 aromatic heterocycles. The molecule has 0 aliphatic carbocycles. The summed E-state index contributed by atoms with van der Waals surface area (Å²) in [5.74, 6) is 2.14. The summed E-state index contributed by atoms with van der Waals surface area (Å²) in [5, 5.41) is 10.4. The average Bonchev–Trinajstić information content (AvgIpc) is 3.43. The van der Waals surface area contributed by atoms with Crippen LogP contribution in [0.15, 0.2) is 84.0 Å². The number of rotatable bonds is 10. The second kappa shape index (κ2) is 13.9. The Morgan fingerprint density at radius 3 is 2.40 bits per heavy atom. The Labute approximate surface area is 255 Å². The van der Waals surface area contributed by atoms with Crippen LogP contribution in [0.5, 0.6) is 5.75 Å². The van der Waals surface area contributed by atoms with E-state index in [2.05, 4.69) is 46.0 Å². The first-order valence-electron chi connectivity index (χ1n) is 14.1. The van der Waals surface area contributed by atoms with Gasteiger partial charge in [-0.2, -0.15) is 0 Å². The average molecular weight is 604 g/mol. The zero-order valence-corrected chi connectivity index (χ0v) is 25.4. The summed E-state index contributed by atoms with van der Waals surface area (Å²) in [5.41, 5.74) is 3.19. The SMILES string of the molecule is Cc1ccc(-n2c(SCCCC(=O)N3CCN(C(=O)COc4ccc(Cl)cc4)C(C)C3)nnc2-c2ccccc2)cc1. The Morgan fingerprint density at radius 1 is 0.952 bits per heavy atom. The normalized spacial score (nSPS) is 15.1. The molecule has 0 bridgehead atoms. The molecule has 1 aliphatic rings. The molecule has 0 radical (unpaired) electrons. The van der Waals surface area contributed by atoms with Crippen molar-refractivity contribution in [2.45, 2.75) is 37.9 Å². The Morgan fingerprint density at radius 2 is 1.69 bits per heavy atom. The molecule has 0 N–H and O–H groups in total. The number of nitrogens with zero attached hydrogens (tertiary/aromatic N) is 5. The van der Waals surface area contributed by atoms with E-state index in [1.807, 2.05) is 42.2 Å². The van der Waals surface area contributed by atoms with Gasteiger partial charge in [0, 0.05) is 54.1 Å². The molecule has 5 rings (SSSR count). The minimum Gasteiger partial charge on any atom is -0.484 e. The Bertz CT molecular complexity index is 1500. The molecular weight excluding hydrogens is 570 g/mol. The number of benzene rings is 3. The number of ether oxygens (including phenoxy) is 1. The van der Waals surface area contributed by atoms with Crippen molar-refractivity contribution in [2.24, 2.45) is 0 Å². The molecule has 1 unspecified atom stereocenters. The first-order valence-corrected chi connectivity index (χ1v) is 15.4. The molecule has 0 spiro atoms. The summed E-state index contributed by atoms with van der Waals surface area (Å²) < 4.78 is 7.70. The minimum atomic E-state index is -0.0893. The van der Waals surface area contributed by atoms with E-state index in [-0.39, 0.29) is 24.5 Å². The van der Waals surface area contributed by atoms with E-state index >= 15 is 0 Å². The number of thioether (sulfide) groups is 1. The Hall–Kier alpha value is -3.82. The number of amides is 2. The first kappa shape index (κ1) is 29.7. The predicted octanol–water partition coefficient (Wildman–Crippen LogP) is 5.91. The molecule has 2 heterocycles. The zero-order chi connectivity index (χ0) is 29.5. The van der Waals surface area contributed by atoms with Gasteiger partial charge < -0.3 is 14.5 Å². The van der Waals surface area contributed by atoms with E-state index in [0.29, 0.717) is 43.2 Å².